The molecule has 1 saturated heterocycles. The second-order valence-electron chi connectivity index (χ2n) is 8.74. The number of hydrogen-bond acceptors (Lipinski definition) is 4. The van der Waals surface area contributed by atoms with Crippen molar-refractivity contribution in [3.8, 4) is 0 Å². The molecule has 2 fully saturated rings. The van der Waals surface area contributed by atoms with E-state index in [9.17, 15) is 18.4 Å². The SMILES string of the molecule is COC1CCN(C(=O)C(NC(=O)C(C)C)C(C)OCC2CCC(F)(F)CC2)CC1. The summed E-state index contributed by atoms with van der Waals surface area (Å²) in [5.74, 6) is -3.12. The number of hydrogen-bond donors (Lipinski definition) is 1. The topological polar surface area (TPSA) is 67.9 Å². The molecule has 2 unspecified atom stereocenters. The normalized spacial score (nSPS) is 23.1. The molecule has 6 nitrogen and oxygen atoms in total. The van der Waals surface area contributed by atoms with Gasteiger partial charge in [0.25, 0.3) is 0 Å². The number of alkyl halides is 2. The molecule has 8 heteroatoms. The maximum atomic E-state index is 13.3. The van der Waals surface area contributed by atoms with Crippen LogP contribution >= 0.6 is 0 Å². The number of methoxy groups -OCH3 is 1. The van der Waals surface area contributed by atoms with E-state index in [1.54, 1.807) is 32.8 Å². The summed E-state index contributed by atoms with van der Waals surface area (Å²) in [4.78, 5) is 27.2. The van der Waals surface area contributed by atoms with Crippen LogP contribution in [-0.2, 0) is 19.1 Å². The summed E-state index contributed by atoms with van der Waals surface area (Å²) in [5.41, 5.74) is 0. The Labute approximate surface area is 172 Å². The molecule has 1 saturated carbocycles. The van der Waals surface area contributed by atoms with E-state index in [0.717, 1.165) is 12.8 Å². The van der Waals surface area contributed by atoms with Crippen molar-refractivity contribution in [2.75, 3.05) is 26.8 Å². The molecule has 2 rings (SSSR count). The van der Waals surface area contributed by atoms with Crippen molar-refractivity contribution in [1.82, 2.24) is 10.2 Å². The number of piperidine rings is 1. The number of carbonyl (C=O) groups is 2. The zero-order valence-corrected chi connectivity index (χ0v) is 18.1. The fraction of sp³-hybridized carbons (Fsp3) is 0.905. The Bertz CT molecular complexity index is 541. The van der Waals surface area contributed by atoms with Crippen LogP contribution < -0.4 is 5.32 Å². The second-order valence-corrected chi connectivity index (χ2v) is 8.74. The highest BCUT2D eigenvalue weighted by Gasteiger charge is 2.37. The average molecular weight is 419 g/mol. The van der Waals surface area contributed by atoms with Gasteiger partial charge in [0, 0.05) is 45.6 Å². The molecule has 0 spiro atoms. The van der Waals surface area contributed by atoms with Crippen molar-refractivity contribution in [2.24, 2.45) is 11.8 Å². The number of amides is 2. The molecule has 29 heavy (non-hydrogen) atoms. The van der Waals surface area contributed by atoms with Gasteiger partial charge < -0.3 is 19.7 Å². The second kappa shape index (κ2) is 10.7. The van der Waals surface area contributed by atoms with Gasteiger partial charge in [0.15, 0.2) is 0 Å². The number of halogens is 2. The molecule has 1 heterocycles. The lowest BCUT2D eigenvalue weighted by atomic mass is 9.87. The van der Waals surface area contributed by atoms with Crippen LogP contribution in [-0.4, -0.2) is 67.7 Å². The molecule has 0 aromatic heterocycles. The minimum atomic E-state index is -2.57. The highest BCUT2D eigenvalue weighted by Crippen LogP contribution is 2.36. The third kappa shape index (κ3) is 7.17. The standard InChI is InChI=1S/C21H36F2N2O4/c1-14(2)19(26)24-18(20(27)25-11-7-17(28-4)8-12-25)15(3)29-13-16-5-9-21(22,23)10-6-16/h14-18H,5-13H2,1-4H3,(H,24,26). The van der Waals surface area contributed by atoms with E-state index >= 15 is 0 Å². The Morgan fingerprint density at radius 1 is 1.10 bits per heavy atom. The summed E-state index contributed by atoms with van der Waals surface area (Å²) >= 11 is 0. The van der Waals surface area contributed by atoms with Crippen molar-refractivity contribution < 1.29 is 27.8 Å². The smallest absolute Gasteiger partial charge is 0.248 e. The van der Waals surface area contributed by atoms with Crippen LogP contribution in [0.4, 0.5) is 8.78 Å². The van der Waals surface area contributed by atoms with E-state index < -0.39 is 18.1 Å². The molecule has 1 aliphatic carbocycles. The van der Waals surface area contributed by atoms with E-state index in [-0.39, 0.29) is 42.6 Å². The Balaban J connectivity index is 1.95. The van der Waals surface area contributed by atoms with Gasteiger partial charge in [-0.05, 0) is 38.5 Å². The van der Waals surface area contributed by atoms with Gasteiger partial charge in [0.1, 0.15) is 6.04 Å². The van der Waals surface area contributed by atoms with Crippen LogP contribution in [0, 0.1) is 11.8 Å². The first-order valence-electron chi connectivity index (χ1n) is 10.7. The Kier molecular flexibility index (Phi) is 8.82. The number of nitrogens with one attached hydrogen (secondary N) is 1. The van der Waals surface area contributed by atoms with Crippen LogP contribution in [0.1, 0.15) is 59.3 Å². The van der Waals surface area contributed by atoms with Crippen molar-refractivity contribution >= 4 is 11.8 Å². The summed E-state index contributed by atoms with van der Waals surface area (Å²) in [6.07, 6.45) is 1.75. The third-order valence-corrected chi connectivity index (χ3v) is 6.08. The van der Waals surface area contributed by atoms with E-state index in [2.05, 4.69) is 5.32 Å². The van der Waals surface area contributed by atoms with Gasteiger partial charge in [0.05, 0.1) is 12.2 Å². The fourth-order valence-corrected chi connectivity index (χ4v) is 3.86. The summed E-state index contributed by atoms with van der Waals surface area (Å²) in [7, 11) is 1.67. The first-order valence-corrected chi connectivity index (χ1v) is 10.7. The number of ether oxygens (including phenoxy) is 2. The quantitative estimate of drug-likeness (QED) is 0.658. The van der Waals surface area contributed by atoms with E-state index in [0.29, 0.717) is 32.5 Å². The Morgan fingerprint density at radius 3 is 2.21 bits per heavy atom. The van der Waals surface area contributed by atoms with Crippen molar-refractivity contribution in [1.29, 1.82) is 0 Å². The Hall–Kier alpha value is -1.28. The van der Waals surface area contributed by atoms with Crippen LogP contribution in [0.15, 0.2) is 0 Å². The van der Waals surface area contributed by atoms with Gasteiger partial charge in [-0.3, -0.25) is 9.59 Å². The summed E-state index contributed by atoms with van der Waals surface area (Å²) < 4.78 is 38.0. The van der Waals surface area contributed by atoms with E-state index in [1.165, 1.54) is 0 Å². The largest absolute Gasteiger partial charge is 0.381 e. The lowest BCUT2D eigenvalue weighted by molar-refractivity contribution is -0.144. The Morgan fingerprint density at radius 2 is 1.69 bits per heavy atom. The summed E-state index contributed by atoms with van der Waals surface area (Å²) in [6.45, 7) is 6.79. The molecule has 0 aromatic rings. The van der Waals surface area contributed by atoms with Gasteiger partial charge >= 0.3 is 0 Å². The first-order chi connectivity index (χ1) is 13.6. The maximum Gasteiger partial charge on any atom is 0.248 e. The summed E-state index contributed by atoms with van der Waals surface area (Å²) in [5, 5.41) is 2.83. The minimum Gasteiger partial charge on any atom is -0.381 e. The molecule has 168 valence electrons. The van der Waals surface area contributed by atoms with Gasteiger partial charge in [-0.1, -0.05) is 13.8 Å². The average Bonchev–Trinajstić information content (AvgIpc) is 2.70. The van der Waals surface area contributed by atoms with Crippen LogP contribution in [0.5, 0.6) is 0 Å². The fourth-order valence-electron chi connectivity index (χ4n) is 3.86. The van der Waals surface area contributed by atoms with Gasteiger partial charge in [0.2, 0.25) is 17.7 Å². The molecule has 2 amide bonds. The third-order valence-electron chi connectivity index (χ3n) is 6.08. The number of carbonyl (C=O) groups excluding carboxylic acids is 2. The van der Waals surface area contributed by atoms with Crippen molar-refractivity contribution in [3.05, 3.63) is 0 Å². The monoisotopic (exact) mass is 418 g/mol. The highest BCUT2D eigenvalue weighted by atomic mass is 19.3. The van der Waals surface area contributed by atoms with Crippen LogP contribution in [0.2, 0.25) is 0 Å². The lowest BCUT2D eigenvalue weighted by Crippen LogP contribution is -2.56. The summed E-state index contributed by atoms with van der Waals surface area (Å²) in [6, 6.07) is -0.783. The van der Waals surface area contributed by atoms with Gasteiger partial charge in [-0.2, -0.15) is 0 Å². The lowest BCUT2D eigenvalue weighted by Gasteiger charge is -2.36. The van der Waals surface area contributed by atoms with Crippen molar-refractivity contribution in [3.63, 3.8) is 0 Å². The van der Waals surface area contributed by atoms with Crippen LogP contribution in [0.3, 0.4) is 0 Å². The highest BCUT2D eigenvalue weighted by molar-refractivity contribution is 5.88. The number of likely N-dealkylation sites (tertiary alicyclic amines) is 1. The molecule has 2 aliphatic rings. The van der Waals surface area contributed by atoms with E-state index in [4.69, 9.17) is 9.47 Å². The molecular formula is C21H36F2N2O4. The molecule has 2 atom stereocenters. The maximum absolute atomic E-state index is 13.3. The van der Waals surface area contributed by atoms with Gasteiger partial charge in [-0.25, -0.2) is 8.78 Å². The van der Waals surface area contributed by atoms with Crippen molar-refractivity contribution in [2.45, 2.75) is 83.5 Å². The zero-order chi connectivity index (χ0) is 21.6. The number of rotatable bonds is 8. The zero-order valence-electron chi connectivity index (χ0n) is 18.1. The van der Waals surface area contributed by atoms with E-state index in [1.807, 2.05) is 0 Å². The predicted octanol–water partition coefficient (Wildman–Crippen LogP) is 3.00. The minimum absolute atomic E-state index is 0.0612. The molecule has 0 radical (unpaired) electrons. The van der Waals surface area contributed by atoms with Crippen LogP contribution in [0.25, 0.3) is 0 Å². The van der Waals surface area contributed by atoms with Gasteiger partial charge in [-0.15, -0.1) is 0 Å². The predicted molar refractivity (Wildman–Crippen MR) is 106 cm³/mol. The number of nitrogens with zero attached hydrogens (tertiary/aromatic N) is 1. The molecule has 1 aliphatic heterocycles. The molecular weight excluding hydrogens is 382 g/mol. The molecule has 0 aromatic carbocycles. The molecule has 1 N–H and O–H groups in total. The first kappa shape index (κ1) is 24.0. The molecule has 0 bridgehead atoms.